The first-order valence-electron chi connectivity index (χ1n) is 4.44. The Hall–Kier alpha value is -1.89. The van der Waals surface area contributed by atoms with Gasteiger partial charge in [0.15, 0.2) is 0 Å². The monoisotopic (exact) mass is 239 g/mol. The number of nitrogens with one attached hydrogen (secondary N) is 1. The van der Waals surface area contributed by atoms with E-state index in [-0.39, 0.29) is 10.9 Å². The van der Waals surface area contributed by atoms with Crippen LogP contribution in [-0.2, 0) is 10.1 Å². The highest BCUT2D eigenvalue weighted by Gasteiger charge is 2.19. The Morgan fingerprint density at radius 3 is 2.81 bits per heavy atom. The second-order valence-corrected chi connectivity index (χ2v) is 4.61. The fourth-order valence-electron chi connectivity index (χ4n) is 1.15. The molecule has 2 rings (SSSR count). The lowest BCUT2D eigenvalue weighted by molar-refractivity contribution is 0.478. The van der Waals surface area contributed by atoms with Crippen LogP contribution in [-0.4, -0.2) is 23.6 Å². The molecular formula is C9H9N3O3S. The molecule has 0 atom stereocenters. The molecule has 0 radical (unpaired) electrons. The van der Waals surface area contributed by atoms with Gasteiger partial charge < -0.3 is 4.18 Å². The summed E-state index contributed by atoms with van der Waals surface area (Å²) < 4.78 is 28.1. The number of H-pyrrole nitrogens is 1. The average Bonchev–Trinajstić information content (AvgIpc) is 2.69. The first-order chi connectivity index (χ1) is 7.58. The van der Waals surface area contributed by atoms with Crippen LogP contribution in [0.2, 0.25) is 0 Å². The maximum atomic E-state index is 11.6. The smallest absolute Gasteiger partial charge is 0.374 e. The predicted octanol–water partition coefficient (Wildman–Crippen LogP) is 0.881. The van der Waals surface area contributed by atoms with E-state index in [1.54, 1.807) is 18.2 Å². The van der Waals surface area contributed by atoms with E-state index in [1.165, 1.54) is 0 Å². The molecule has 0 aliphatic heterocycles. The molecule has 0 aliphatic rings. The zero-order chi connectivity index (χ0) is 11.6. The first-order valence-corrected chi connectivity index (χ1v) is 5.85. The van der Waals surface area contributed by atoms with Gasteiger partial charge in [0, 0.05) is 0 Å². The predicted molar refractivity (Wildman–Crippen MR) is 55.4 cm³/mol. The van der Waals surface area contributed by atoms with Crippen LogP contribution in [0.3, 0.4) is 0 Å². The van der Waals surface area contributed by atoms with Crippen LogP contribution < -0.4 is 4.18 Å². The second kappa shape index (κ2) is 3.93. The van der Waals surface area contributed by atoms with E-state index in [9.17, 15) is 8.42 Å². The average molecular weight is 239 g/mol. The number of hydrogen-bond donors (Lipinski definition) is 1. The maximum Gasteiger partial charge on any atom is 0.374 e. The molecule has 84 valence electrons. The van der Waals surface area contributed by atoms with Crippen molar-refractivity contribution in [2.75, 3.05) is 0 Å². The van der Waals surface area contributed by atoms with Crippen LogP contribution in [0.15, 0.2) is 35.7 Å². The molecule has 1 heterocycles. The van der Waals surface area contributed by atoms with Crippen molar-refractivity contribution in [1.82, 2.24) is 15.2 Å². The summed E-state index contributed by atoms with van der Waals surface area (Å²) in [5.41, 5.74) is 0.908. The number of aryl methyl sites for hydroxylation is 1. The summed E-state index contributed by atoms with van der Waals surface area (Å²) >= 11 is 0. The van der Waals surface area contributed by atoms with E-state index in [0.29, 0.717) is 0 Å². The topological polar surface area (TPSA) is 84.9 Å². The van der Waals surface area contributed by atoms with E-state index in [1.807, 2.05) is 13.0 Å². The fourth-order valence-corrected chi connectivity index (χ4v) is 1.92. The molecule has 0 fully saturated rings. The Labute approximate surface area is 92.4 Å². The lowest BCUT2D eigenvalue weighted by atomic mass is 10.2. The van der Waals surface area contributed by atoms with Crippen LogP contribution >= 0.6 is 0 Å². The zero-order valence-corrected chi connectivity index (χ0v) is 9.23. The van der Waals surface area contributed by atoms with Crippen LogP contribution in [0.4, 0.5) is 0 Å². The van der Waals surface area contributed by atoms with Gasteiger partial charge in [0.05, 0.1) is 0 Å². The van der Waals surface area contributed by atoms with Gasteiger partial charge in [-0.3, -0.25) is 0 Å². The molecule has 0 saturated carbocycles. The van der Waals surface area contributed by atoms with Crippen molar-refractivity contribution in [3.63, 3.8) is 0 Å². The molecule has 7 heteroatoms. The van der Waals surface area contributed by atoms with Gasteiger partial charge in [0.2, 0.25) is 0 Å². The molecule has 1 N–H and O–H groups in total. The normalized spacial score (nSPS) is 11.3. The van der Waals surface area contributed by atoms with E-state index >= 15 is 0 Å². The SMILES string of the molecule is Cc1cccc(OS(=O)(=O)c2ncn[nH]2)c1. The summed E-state index contributed by atoms with van der Waals surface area (Å²) in [5.74, 6) is 0.247. The van der Waals surface area contributed by atoms with Gasteiger partial charge in [0.1, 0.15) is 12.1 Å². The molecule has 0 saturated heterocycles. The van der Waals surface area contributed by atoms with Crippen LogP contribution in [0, 0.1) is 6.92 Å². The summed E-state index contributed by atoms with van der Waals surface area (Å²) in [7, 11) is -3.92. The fraction of sp³-hybridized carbons (Fsp3) is 0.111. The van der Waals surface area contributed by atoms with Crippen molar-refractivity contribution in [1.29, 1.82) is 0 Å². The molecule has 1 aromatic heterocycles. The number of aromatic amines is 1. The molecule has 0 aliphatic carbocycles. The standard InChI is InChI=1S/C9H9N3O3S/c1-7-3-2-4-8(5-7)15-16(13,14)9-10-6-11-12-9/h2-6H,1H3,(H,10,11,12). The molecule has 2 aromatic rings. The Kier molecular flexibility index (Phi) is 2.61. The molecule has 0 unspecified atom stereocenters. The number of nitrogens with zero attached hydrogens (tertiary/aromatic N) is 2. The Bertz CT molecular complexity index is 578. The van der Waals surface area contributed by atoms with E-state index in [0.717, 1.165) is 11.9 Å². The second-order valence-electron chi connectivity index (χ2n) is 3.14. The zero-order valence-electron chi connectivity index (χ0n) is 8.41. The third kappa shape index (κ3) is 2.19. The minimum absolute atomic E-state index is 0.247. The number of benzene rings is 1. The minimum atomic E-state index is -3.92. The molecular weight excluding hydrogens is 230 g/mol. The van der Waals surface area contributed by atoms with Gasteiger partial charge in [-0.15, -0.1) is 0 Å². The van der Waals surface area contributed by atoms with Crippen LogP contribution in [0.25, 0.3) is 0 Å². The largest absolute Gasteiger partial charge is 0.377 e. The van der Waals surface area contributed by atoms with E-state index in [2.05, 4.69) is 15.2 Å². The van der Waals surface area contributed by atoms with Crippen molar-refractivity contribution < 1.29 is 12.6 Å². The third-order valence-corrected chi connectivity index (χ3v) is 2.91. The van der Waals surface area contributed by atoms with Crippen LogP contribution in [0.5, 0.6) is 5.75 Å². The van der Waals surface area contributed by atoms with E-state index < -0.39 is 10.1 Å². The summed E-state index contributed by atoms with van der Waals surface area (Å²) in [6, 6.07) is 6.73. The lowest BCUT2D eigenvalue weighted by Gasteiger charge is -2.04. The Morgan fingerprint density at radius 2 is 2.19 bits per heavy atom. The number of hydrogen-bond acceptors (Lipinski definition) is 5. The molecule has 0 amide bonds. The van der Waals surface area contributed by atoms with Crippen molar-refractivity contribution in [2.24, 2.45) is 0 Å². The van der Waals surface area contributed by atoms with Gasteiger partial charge in [-0.05, 0) is 24.6 Å². The Balaban J connectivity index is 2.29. The van der Waals surface area contributed by atoms with Crippen molar-refractivity contribution in [3.05, 3.63) is 36.2 Å². The summed E-state index contributed by atoms with van der Waals surface area (Å²) in [4.78, 5) is 3.53. The van der Waals surface area contributed by atoms with Crippen molar-refractivity contribution >= 4 is 10.1 Å². The Morgan fingerprint density at radius 1 is 1.38 bits per heavy atom. The summed E-state index contributed by atoms with van der Waals surface area (Å²) in [5, 5.41) is 5.38. The lowest BCUT2D eigenvalue weighted by Crippen LogP contribution is -2.11. The highest BCUT2D eigenvalue weighted by atomic mass is 32.2. The quantitative estimate of drug-likeness (QED) is 0.804. The van der Waals surface area contributed by atoms with Crippen molar-refractivity contribution in [2.45, 2.75) is 12.1 Å². The minimum Gasteiger partial charge on any atom is -0.377 e. The van der Waals surface area contributed by atoms with Crippen LogP contribution in [0.1, 0.15) is 5.56 Å². The molecule has 0 bridgehead atoms. The van der Waals surface area contributed by atoms with Gasteiger partial charge >= 0.3 is 10.1 Å². The third-order valence-electron chi connectivity index (χ3n) is 1.83. The molecule has 1 aromatic carbocycles. The van der Waals surface area contributed by atoms with Gasteiger partial charge in [0.25, 0.3) is 5.16 Å². The highest BCUT2D eigenvalue weighted by molar-refractivity contribution is 7.86. The first kappa shape index (κ1) is 10.6. The van der Waals surface area contributed by atoms with E-state index in [4.69, 9.17) is 4.18 Å². The number of rotatable bonds is 3. The summed E-state index contributed by atoms with van der Waals surface area (Å²) in [6.45, 7) is 1.84. The van der Waals surface area contributed by atoms with Gasteiger partial charge in [-0.2, -0.15) is 13.5 Å². The molecule has 6 nitrogen and oxygen atoms in total. The summed E-state index contributed by atoms with van der Waals surface area (Å²) in [6.07, 6.45) is 1.10. The van der Waals surface area contributed by atoms with Gasteiger partial charge in [-0.1, -0.05) is 12.1 Å². The van der Waals surface area contributed by atoms with Gasteiger partial charge in [-0.25, -0.2) is 10.1 Å². The molecule has 16 heavy (non-hydrogen) atoms. The van der Waals surface area contributed by atoms with Crippen molar-refractivity contribution in [3.8, 4) is 5.75 Å². The maximum absolute atomic E-state index is 11.6. The molecule has 0 spiro atoms. The number of aromatic nitrogens is 3. The highest BCUT2D eigenvalue weighted by Crippen LogP contribution is 2.16.